The van der Waals surface area contributed by atoms with Crippen molar-refractivity contribution in [2.45, 2.75) is 26.6 Å². The second-order valence-electron chi connectivity index (χ2n) is 6.85. The maximum atomic E-state index is 9.51. The second kappa shape index (κ2) is 12.0. The third-order valence-corrected chi connectivity index (χ3v) is 4.94. The Hall–Kier alpha value is -1.64. The van der Waals surface area contributed by atoms with Gasteiger partial charge in [0.05, 0.1) is 13.2 Å². The Balaban J connectivity index is 0.00000280. The third-order valence-electron chi connectivity index (χ3n) is 4.94. The van der Waals surface area contributed by atoms with Crippen molar-refractivity contribution in [1.29, 1.82) is 0 Å². The molecule has 0 atom stereocenters. The van der Waals surface area contributed by atoms with Crippen molar-refractivity contribution < 1.29 is 5.11 Å². The topological polar surface area (TPSA) is 51.1 Å². The molecule has 2 N–H and O–H groups in total. The largest absolute Gasteiger partial charge is 0.392 e. The predicted molar refractivity (Wildman–Crippen MR) is 126 cm³/mol. The summed E-state index contributed by atoms with van der Waals surface area (Å²) in [5.41, 5.74) is 3.40. The highest BCUT2D eigenvalue weighted by Crippen LogP contribution is 2.12. The molecule has 6 heteroatoms. The van der Waals surface area contributed by atoms with Crippen molar-refractivity contribution in [1.82, 2.24) is 15.1 Å². The summed E-state index contributed by atoms with van der Waals surface area (Å²) in [4.78, 5) is 9.66. The number of aliphatic imine (C=N–C) groups is 1. The van der Waals surface area contributed by atoms with Gasteiger partial charge in [0.25, 0.3) is 0 Å². The first-order valence-electron chi connectivity index (χ1n) is 9.77. The SMILES string of the molecule is CCNC(=NCc1ccccc1CO)N1CCN(Cc2ccccc2)CC1.I. The van der Waals surface area contributed by atoms with Gasteiger partial charge in [0.15, 0.2) is 5.96 Å². The molecule has 5 nitrogen and oxygen atoms in total. The molecule has 28 heavy (non-hydrogen) atoms. The van der Waals surface area contributed by atoms with Crippen molar-refractivity contribution in [2.24, 2.45) is 4.99 Å². The van der Waals surface area contributed by atoms with E-state index >= 15 is 0 Å². The summed E-state index contributed by atoms with van der Waals surface area (Å²) >= 11 is 0. The van der Waals surface area contributed by atoms with Gasteiger partial charge in [-0.05, 0) is 23.6 Å². The summed E-state index contributed by atoms with van der Waals surface area (Å²) in [5, 5.41) is 12.9. The molecule has 152 valence electrons. The summed E-state index contributed by atoms with van der Waals surface area (Å²) in [6.45, 7) is 8.61. The minimum absolute atomic E-state index is 0. The van der Waals surface area contributed by atoms with Gasteiger partial charge in [-0.2, -0.15) is 0 Å². The molecular formula is C22H31IN4O. The number of hydrogen-bond donors (Lipinski definition) is 2. The summed E-state index contributed by atoms with van der Waals surface area (Å²) in [5.74, 6) is 0.963. The first-order chi connectivity index (χ1) is 13.3. The van der Waals surface area contributed by atoms with E-state index in [9.17, 15) is 5.11 Å². The van der Waals surface area contributed by atoms with Crippen molar-refractivity contribution in [3.8, 4) is 0 Å². The summed E-state index contributed by atoms with van der Waals surface area (Å²) in [7, 11) is 0. The number of aliphatic hydroxyl groups excluding tert-OH is 1. The number of benzene rings is 2. The molecule has 1 aliphatic heterocycles. The summed E-state index contributed by atoms with van der Waals surface area (Å²) < 4.78 is 0. The fourth-order valence-corrected chi connectivity index (χ4v) is 3.41. The number of nitrogens with one attached hydrogen (secondary N) is 1. The number of nitrogens with zero attached hydrogens (tertiary/aromatic N) is 3. The van der Waals surface area contributed by atoms with Gasteiger partial charge >= 0.3 is 0 Å². The van der Waals surface area contributed by atoms with Gasteiger partial charge in [-0.15, -0.1) is 24.0 Å². The van der Waals surface area contributed by atoms with E-state index in [1.165, 1.54) is 5.56 Å². The Morgan fingerprint density at radius 2 is 1.61 bits per heavy atom. The van der Waals surface area contributed by atoms with E-state index in [0.29, 0.717) is 6.54 Å². The molecule has 1 saturated heterocycles. The van der Waals surface area contributed by atoms with E-state index in [2.05, 4.69) is 52.4 Å². The lowest BCUT2D eigenvalue weighted by atomic mass is 10.1. The van der Waals surface area contributed by atoms with Gasteiger partial charge in [0, 0.05) is 39.3 Å². The lowest BCUT2D eigenvalue weighted by Gasteiger charge is -2.36. The molecule has 0 unspecified atom stereocenters. The van der Waals surface area contributed by atoms with Crippen LogP contribution in [-0.2, 0) is 19.7 Å². The molecule has 0 radical (unpaired) electrons. The van der Waals surface area contributed by atoms with Crippen LogP contribution >= 0.6 is 24.0 Å². The van der Waals surface area contributed by atoms with E-state index in [-0.39, 0.29) is 30.6 Å². The van der Waals surface area contributed by atoms with Gasteiger partial charge in [-0.1, -0.05) is 54.6 Å². The van der Waals surface area contributed by atoms with Gasteiger partial charge in [0.2, 0.25) is 0 Å². The molecule has 0 aliphatic carbocycles. The van der Waals surface area contributed by atoms with Crippen LogP contribution in [0.15, 0.2) is 59.6 Å². The number of guanidine groups is 1. The Kier molecular flexibility index (Phi) is 9.73. The zero-order valence-corrected chi connectivity index (χ0v) is 18.9. The van der Waals surface area contributed by atoms with E-state index in [1.807, 2.05) is 24.3 Å². The molecule has 2 aromatic rings. The highest BCUT2D eigenvalue weighted by Gasteiger charge is 2.19. The molecule has 3 rings (SSSR count). The lowest BCUT2D eigenvalue weighted by molar-refractivity contribution is 0.172. The van der Waals surface area contributed by atoms with E-state index in [0.717, 1.165) is 56.4 Å². The first kappa shape index (κ1) is 22.6. The number of hydrogen-bond acceptors (Lipinski definition) is 3. The van der Waals surface area contributed by atoms with Crippen LogP contribution in [0.25, 0.3) is 0 Å². The van der Waals surface area contributed by atoms with Crippen molar-refractivity contribution in [2.75, 3.05) is 32.7 Å². The number of piperazine rings is 1. The second-order valence-corrected chi connectivity index (χ2v) is 6.85. The molecule has 0 amide bonds. The quantitative estimate of drug-likeness (QED) is 0.368. The smallest absolute Gasteiger partial charge is 0.194 e. The molecule has 0 bridgehead atoms. The maximum Gasteiger partial charge on any atom is 0.194 e. The Labute approximate surface area is 185 Å². The predicted octanol–water partition coefficient (Wildman–Crippen LogP) is 3.08. The van der Waals surface area contributed by atoms with Crippen LogP contribution in [0, 0.1) is 0 Å². The van der Waals surface area contributed by atoms with Gasteiger partial charge in [-0.3, -0.25) is 4.90 Å². The fraction of sp³-hybridized carbons (Fsp3) is 0.409. The normalized spacial score (nSPS) is 15.2. The van der Waals surface area contributed by atoms with E-state index in [1.54, 1.807) is 0 Å². The standard InChI is InChI=1S/C22H30N4O.HI/c1-2-23-22(24-16-20-10-6-7-11-21(20)18-27)26-14-12-25(13-15-26)17-19-8-4-3-5-9-19;/h3-11,27H,2,12-18H2,1H3,(H,23,24);1H. The van der Waals surface area contributed by atoms with E-state index < -0.39 is 0 Å². The molecule has 1 heterocycles. The van der Waals surface area contributed by atoms with Crippen LogP contribution in [0.2, 0.25) is 0 Å². The summed E-state index contributed by atoms with van der Waals surface area (Å²) in [6, 6.07) is 18.6. The Morgan fingerprint density at radius 3 is 2.25 bits per heavy atom. The zero-order valence-electron chi connectivity index (χ0n) is 16.6. The molecule has 0 spiro atoms. The Bertz CT molecular complexity index is 730. The van der Waals surface area contributed by atoms with Crippen LogP contribution in [0.1, 0.15) is 23.6 Å². The van der Waals surface area contributed by atoms with Gasteiger partial charge in [0.1, 0.15) is 0 Å². The summed E-state index contributed by atoms with van der Waals surface area (Å²) in [6.07, 6.45) is 0. The number of halogens is 1. The monoisotopic (exact) mass is 494 g/mol. The average Bonchev–Trinajstić information content (AvgIpc) is 2.73. The maximum absolute atomic E-state index is 9.51. The molecule has 1 fully saturated rings. The Morgan fingerprint density at radius 1 is 0.964 bits per heavy atom. The van der Waals surface area contributed by atoms with Crippen LogP contribution < -0.4 is 5.32 Å². The average molecular weight is 494 g/mol. The van der Waals surface area contributed by atoms with Gasteiger partial charge < -0.3 is 15.3 Å². The van der Waals surface area contributed by atoms with Crippen molar-refractivity contribution >= 4 is 29.9 Å². The van der Waals surface area contributed by atoms with Crippen LogP contribution in [0.5, 0.6) is 0 Å². The van der Waals surface area contributed by atoms with Crippen LogP contribution in [-0.4, -0.2) is 53.6 Å². The highest BCUT2D eigenvalue weighted by atomic mass is 127. The molecule has 0 aromatic heterocycles. The third kappa shape index (κ3) is 6.46. The van der Waals surface area contributed by atoms with E-state index in [4.69, 9.17) is 4.99 Å². The minimum atomic E-state index is 0. The molecule has 0 saturated carbocycles. The highest BCUT2D eigenvalue weighted by molar-refractivity contribution is 14.0. The van der Waals surface area contributed by atoms with Crippen LogP contribution in [0.4, 0.5) is 0 Å². The van der Waals surface area contributed by atoms with Crippen LogP contribution in [0.3, 0.4) is 0 Å². The number of rotatable bonds is 6. The molecule has 2 aromatic carbocycles. The van der Waals surface area contributed by atoms with Crippen molar-refractivity contribution in [3.05, 3.63) is 71.3 Å². The molecular weight excluding hydrogens is 463 g/mol. The molecule has 1 aliphatic rings. The zero-order chi connectivity index (χ0) is 18.9. The lowest BCUT2D eigenvalue weighted by Crippen LogP contribution is -2.52. The fourth-order valence-electron chi connectivity index (χ4n) is 3.41. The first-order valence-corrected chi connectivity index (χ1v) is 9.77. The van der Waals surface area contributed by atoms with Gasteiger partial charge in [-0.25, -0.2) is 4.99 Å². The van der Waals surface area contributed by atoms with Crippen molar-refractivity contribution in [3.63, 3.8) is 0 Å². The number of aliphatic hydroxyl groups is 1. The minimum Gasteiger partial charge on any atom is -0.392 e.